The second-order valence-electron chi connectivity index (χ2n) is 9.08. The molecule has 6 heteroatoms. The van der Waals surface area contributed by atoms with Gasteiger partial charge < -0.3 is 4.90 Å². The average Bonchev–Trinajstić information content (AvgIpc) is 3.03. The van der Waals surface area contributed by atoms with Gasteiger partial charge in [0.25, 0.3) is 5.91 Å². The quantitative estimate of drug-likeness (QED) is 0.175. The number of hydrazone groups is 1. The molecule has 0 bridgehead atoms. The van der Waals surface area contributed by atoms with Gasteiger partial charge >= 0.3 is 0 Å². The Kier molecular flexibility index (Phi) is 7.05. The number of anilines is 3. The van der Waals surface area contributed by atoms with E-state index in [0.29, 0.717) is 17.0 Å². The van der Waals surface area contributed by atoms with Gasteiger partial charge in [-0.3, -0.25) is 9.78 Å². The zero-order valence-corrected chi connectivity index (χ0v) is 21.6. The first kappa shape index (κ1) is 24.7. The summed E-state index contributed by atoms with van der Waals surface area (Å²) < 4.78 is 0. The standard InChI is InChI=1S/C34H25N5O/c40-34(30-23-33(32-17-9-10-22-35-32)37-31-16-8-7-15-29(30)31)38-36-24-25-18-20-28(21-19-25)39(26-11-3-1-4-12-26)27-13-5-2-6-14-27/h1-24H,(H,38,40). The minimum Gasteiger partial charge on any atom is -0.311 e. The summed E-state index contributed by atoms with van der Waals surface area (Å²) in [6.07, 6.45) is 3.35. The maximum absolute atomic E-state index is 13.2. The van der Waals surface area contributed by atoms with Crippen molar-refractivity contribution in [2.75, 3.05) is 4.90 Å². The molecule has 0 aliphatic carbocycles. The number of amides is 1. The van der Waals surface area contributed by atoms with Crippen LogP contribution in [0.5, 0.6) is 0 Å². The molecule has 0 fully saturated rings. The number of hydrogen-bond acceptors (Lipinski definition) is 5. The van der Waals surface area contributed by atoms with Gasteiger partial charge in [-0.15, -0.1) is 0 Å². The summed E-state index contributed by atoms with van der Waals surface area (Å²) in [5.74, 6) is -0.317. The Bertz CT molecular complexity index is 1730. The Hall–Kier alpha value is -5.62. The molecule has 192 valence electrons. The summed E-state index contributed by atoms with van der Waals surface area (Å²) in [6, 6.07) is 43.4. The first-order valence-electron chi connectivity index (χ1n) is 12.9. The van der Waals surface area contributed by atoms with Crippen LogP contribution in [0.25, 0.3) is 22.3 Å². The number of aromatic nitrogens is 2. The fourth-order valence-corrected chi connectivity index (χ4v) is 4.55. The van der Waals surface area contributed by atoms with E-state index in [1.54, 1.807) is 18.5 Å². The second-order valence-corrected chi connectivity index (χ2v) is 9.08. The van der Waals surface area contributed by atoms with Crippen LogP contribution in [0, 0.1) is 0 Å². The normalized spacial score (nSPS) is 11.0. The molecule has 0 aliphatic rings. The van der Waals surface area contributed by atoms with Crippen LogP contribution in [-0.4, -0.2) is 22.1 Å². The molecule has 40 heavy (non-hydrogen) atoms. The van der Waals surface area contributed by atoms with Gasteiger partial charge in [0.2, 0.25) is 0 Å². The van der Waals surface area contributed by atoms with Crippen molar-refractivity contribution in [3.63, 3.8) is 0 Å². The molecule has 4 aromatic carbocycles. The van der Waals surface area contributed by atoms with Crippen LogP contribution in [0.1, 0.15) is 15.9 Å². The minimum atomic E-state index is -0.317. The Morgan fingerprint density at radius 2 is 1.30 bits per heavy atom. The van der Waals surface area contributed by atoms with Crippen LogP contribution in [0.15, 0.2) is 145 Å². The van der Waals surface area contributed by atoms with Crippen molar-refractivity contribution < 1.29 is 4.79 Å². The molecule has 0 unspecified atom stereocenters. The molecule has 0 aliphatic heterocycles. The number of hydrogen-bond donors (Lipinski definition) is 1. The van der Waals surface area contributed by atoms with E-state index < -0.39 is 0 Å². The van der Waals surface area contributed by atoms with Crippen molar-refractivity contribution in [3.05, 3.63) is 151 Å². The molecule has 0 saturated carbocycles. The van der Waals surface area contributed by atoms with Gasteiger partial charge in [-0.1, -0.05) is 72.8 Å². The number of para-hydroxylation sites is 3. The predicted octanol–water partition coefficient (Wildman–Crippen LogP) is 7.53. The highest BCUT2D eigenvalue weighted by Crippen LogP contribution is 2.34. The number of pyridine rings is 2. The van der Waals surface area contributed by atoms with Gasteiger partial charge in [-0.2, -0.15) is 5.10 Å². The lowest BCUT2D eigenvalue weighted by molar-refractivity contribution is 0.0956. The lowest BCUT2D eigenvalue weighted by Crippen LogP contribution is -2.18. The van der Waals surface area contributed by atoms with E-state index in [0.717, 1.165) is 33.5 Å². The van der Waals surface area contributed by atoms with E-state index in [4.69, 9.17) is 4.98 Å². The Balaban J connectivity index is 1.23. The Labute approximate surface area is 232 Å². The van der Waals surface area contributed by atoms with Crippen LogP contribution >= 0.6 is 0 Å². The van der Waals surface area contributed by atoms with Crippen molar-refractivity contribution in [1.29, 1.82) is 0 Å². The zero-order valence-electron chi connectivity index (χ0n) is 21.6. The maximum Gasteiger partial charge on any atom is 0.272 e. The molecular weight excluding hydrogens is 494 g/mol. The molecule has 6 rings (SSSR count). The first-order valence-corrected chi connectivity index (χ1v) is 12.9. The van der Waals surface area contributed by atoms with E-state index in [1.165, 1.54) is 0 Å². The van der Waals surface area contributed by atoms with Crippen LogP contribution in [-0.2, 0) is 0 Å². The van der Waals surface area contributed by atoms with Crippen LogP contribution in [0.2, 0.25) is 0 Å². The molecular formula is C34H25N5O. The summed E-state index contributed by atoms with van der Waals surface area (Å²) in [4.78, 5) is 24.5. The highest BCUT2D eigenvalue weighted by molar-refractivity contribution is 6.07. The summed E-state index contributed by atoms with van der Waals surface area (Å²) in [5.41, 5.74) is 9.23. The highest BCUT2D eigenvalue weighted by Gasteiger charge is 2.14. The van der Waals surface area contributed by atoms with Gasteiger partial charge in [0.1, 0.15) is 0 Å². The Morgan fingerprint density at radius 3 is 1.98 bits per heavy atom. The smallest absolute Gasteiger partial charge is 0.272 e. The number of nitrogens with zero attached hydrogens (tertiary/aromatic N) is 4. The average molecular weight is 520 g/mol. The van der Waals surface area contributed by atoms with Crippen molar-refractivity contribution in [2.24, 2.45) is 5.10 Å². The third-order valence-corrected chi connectivity index (χ3v) is 6.45. The van der Waals surface area contributed by atoms with Crippen LogP contribution in [0.4, 0.5) is 17.1 Å². The molecule has 2 aromatic heterocycles. The largest absolute Gasteiger partial charge is 0.311 e. The van der Waals surface area contributed by atoms with Crippen molar-refractivity contribution >= 4 is 40.1 Å². The summed E-state index contributed by atoms with van der Waals surface area (Å²) in [6.45, 7) is 0. The maximum atomic E-state index is 13.2. The molecule has 0 radical (unpaired) electrons. The van der Waals surface area contributed by atoms with Crippen molar-refractivity contribution in [2.45, 2.75) is 0 Å². The van der Waals surface area contributed by atoms with Crippen molar-refractivity contribution in [1.82, 2.24) is 15.4 Å². The highest BCUT2D eigenvalue weighted by atomic mass is 16.2. The molecule has 6 nitrogen and oxygen atoms in total. The molecule has 2 heterocycles. The van der Waals surface area contributed by atoms with Gasteiger partial charge in [0, 0.05) is 28.6 Å². The minimum absolute atomic E-state index is 0.317. The first-order chi connectivity index (χ1) is 19.8. The van der Waals surface area contributed by atoms with Gasteiger partial charge in [0.05, 0.1) is 28.7 Å². The molecule has 0 spiro atoms. The van der Waals surface area contributed by atoms with Gasteiger partial charge in [-0.05, 0) is 66.2 Å². The van der Waals surface area contributed by atoms with Gasteiger partial charge in [0.15, 0.2) is 0 Å². The SMILES string of the molecule is O=C(NN=Cc1ccc(N(c2ccccc2)c2ccccc2)cc1)c1cc(-c2ccccn2)nc2ccccc12. The van der Waals surface area contributed by atoms with E-state index in [-0.39, 0.29) is 5.91 Å². The number of nitrogens with one attached hydrogen (secondary N) is 1. The van der Waals surface area contributed by atoms with Crippen LogP contribution < -0.4 is 10.3 Å². The van der Waals surface area contributed by atoms with Gasteiger partial charge in [-0.25, -0.2) is 10.4 Å². The van der Waals surface area contributed by atoms with E-state index in [1.807, 2.05) is 103 Å². The number of carbonyl (C=O) groups excluding carboxylic acids is 1. The number of benzene rings is 4. The third-order valence-electron chi connectivity index (χ3n) is 6.45. The fraction of sp³-hybridized carbons (Fsp3) is 0. The van der Waals surface area contributed by atoms with E-state index in [2.05, 4.69) is 44.7 Å². The molecule has 1 N–H and O–H groups in total. The molecule has 0 saturated heterocycles. The summed E-state index contributed by atoms with van der Waals surface area (Å²) in [7, 11) is 0. The molecule has 1 amide bonds. The van der Waals surface area contributed by atoms with E-state index >= 15 is 0 Å². The lowest BCUT2D eigenvalue weighted by atomic mass is 10.1. The summed E-state index contributed by atoms with van der Waals surface area (Å²) >= 11 is 0. The van der Waals surface area contributed by atoms with Crippen LogP contribution in [0.3, 0.4) is 0 Å². The Morgan fingerprint density at radius 1 is 0.675 bits per heavy atom. The molecule has 0 atom stereocenters. The summed E-state index contributed by atoms with van der Waals surface area (Å²) in [5, 5.41) is 4.99. The fourth-order valence-electron chi connectivity index (χ4n) is 4.55. The van der Waals surface area contributed by atoms with E-state index in [9.17, 15) is 4.79 Å². The zero-order chi connectivity index (χ0) is 27.1. The number of carbonyl (C=O) groups is 1. The van der Waals surface area contributed by atoms with Crippen molar-refractivity contribution in [3.8, 4) is 11.4 Å². The lowest BCUT2D eigenvalue weighted by Gasteiger charge is -2.25. The number of fused-ring (bicyclic) bond motifs is 1. The second kappa shape index (κ2) is 11.4. The monoisotopic (exact) mass is 519 g/mol. The number of rotatable bonds is 7. The topological polar surface area (TPSA) is 70.5 Å². The molecule has 6 aromatic rings. The third kappa shape index (κ3) is 5.33. The predicted molar refractivity (Wildman–Crippen MR) is 161 cm³/mol.